The summed E-state index contributed by atoms with van der Waals surface area (Å²) in [5.74, 6) is 1.42. The number of hydrogen-bond acceptors (Lipinski definition) is 4. The van der Waals surface area contributed by atoms with Gasteiger partial charge < -0.3 is 9.47 Å². The van der Waals surface area contributed by atoms with Gasteiger partial charge in [-0.25, -0.2) is 4.98 Å². The lowest BCUT2D eigenvalue weighted by Crippen LogP contribution is -2.15. The van der Waals surface area contributed by atoms with Crippen molar-refractivity contribution in [1.82, 2.24) is 9.38 Å². The Bertz CT molecular complexity index is 877. The molecule has 3 aromatic rings. The van der Waals surface area contributed by atoms with Crippen molar-refractivity contribution in [1.29, 1.82) is 5.26 Å². The highest BCUT2D eigenvalue weighted by atomic mass is 16.6. The van der Waals surface area contributed by atoms with Crippen LogP contribution in [0.25, 0.3) is 16.9 Å². The molecule has 0 fully saturated rings. The molecule has 0 bridgehead atoms. The first-order valence-corrected chi connectivity index (χ1v) is 6.64. The number of fused-ring (bicyclic) bond motifs is 2. The summed E-state index contributed by atoms with van der Waals surface area (Å²) in [5, 5.41) is 9.44. The maximum Gasteiger partial charge on any atom is 0.162 e. The largest absolute Gasteiger partial charge is 0.486 e. The van der Waals surface area contributed by atoms with Crippen molar-refractivity contribution in [3.8, 4) is 28.8 Å². The van der Waals surface area contributed by atoms with Crippen LogP contribution in [0.15, 0.2) is 42.6 Å². The highest BCUT2D eigenvalue weighted by Gasteiger charge is 2.17. The second-order valence-electron chi connectivity index (χ2n) is 4.71. The Morgan fingerprint density at radius 3 is 2.81 bits per heavy atom. The minimum absolute atomic E-state index is 0.516. The quantitative estimate of drug-likeness (QED) is 0.686. The summed E-state index contributed by atoms with van der Waals surface area (Å²) in [4.78, 5) is 4.55. The molecule has 21 heavy (non-hydrogen) atoms. The standard InChI is InChI=1S/C16H11N3O2/c17-10-12-16(18-15-3-1-2-6-19(12)15)11-4-5-13-14(9-11)21-8-7-20-13/h1-6,9H,7-8H2. The molecule has 5 heteroatoms. The summed E-state index contributed by atoms with van der Waals surface area (Å²) >= 11 is 0. The van der Waals surface area contributed by atoms with Crippen LogP contribution in [-0.2, 0) is 0 Å². The number of rotatable bonds is 1. The molecule has 0 radical (unpaired) electrons. The van der Waals surface area contributed by atoms with E-state index in [2.05, 4.69) is 11.1 Å². The number of aromatic nitrogens is 2. The average molecular weight is 277 g/mol. The van der Waals surface area contributed by atoms with E-state index in [1.807, 2.05) is 42.6 Å². The molecule has 0 aliphatic carbocycles. The van der Waals surface area contributed by atoms with E-state index in [0.29, 0.717) is 30.4 Å². The first-order valence-electron chi connectivity index (χ1n) is 6.64. The van der Waals surface area contributed by atoms with Crippen LogP contribution in [0.1, 0.15) is 5.69 Å². The molecule has 0 unspecified atom stereocenters. The van der Waals surface area contributed by atoms with Crippen LogP contribution >= 0.6 is 0 Å². The second-order valence-corrected chi connectivity index (χ2v) is 4.71. The zero-order chi connectivity index (χ0) is 14.2. The molecule has 1 aliphatic heterocycles. The van der Waals surface area contributed by atoms with Gasteiger partial charge in [-0.3, -0.25) is 4.40 Å². The van der Waals surface area contributed by atoms with E-state index in [1.54, 1.807) is 4.40 Å². The molecule has 4 rings (SSSR count). The van der Waals surface area contributed by atoms with Crippen LogP contribution in [0.3, 0.4) is 0 Å². The van der Waals surface area contributed by atoms with Crippen molar-refractivity contribution in [2.45, 2.75) is 0 Å². The van der Waals surface area contributed by atoms with Crippen molar-refractivity contribution in [2.24, 2.45) is 0 Å². The Morgan fingerprint density at radius 2 is 1.95 bits per heavy atom. The van der Waals surface area contributed by atoms with Crippen molar-refractivity contribution in [2.75, 3.05) is 13.2 Å². The predicted octanol–water partition coefficient (Wildman–Crippen LogP) is 2.64. The molecule has 3 heterocycles. The number of nitriles is 1. The Morgan fingerprint density at radius 1 is 1.10 bits per heavy atom. The van der Waals surface area contributed by atoms with Gasteiger partial charge in [-0.1, -0.05) is 6.07 Å². The van der Waals surface area contributed by atoms with Crippen molar-refractivity contribution < 1.29 is 9.47 Å². The lowest BCUT2D eigenvalue weighted by Gasteiger charge is -2.18. The summed E-state index contributed by atoms with van der Waals surface area (Å²) < 4.78 is 12.9. The van der Waals surface area contributed by atoms with E-state index < -0.39 is 0 Å². The van der Waals surface area contributed by atoms with E-state index in [4.69, 9.17) is 9.47 Å². The molecule has 1 aliphatic rings. The molecule has 0 saturated carbocycles. The zero-order valence-corrected chi connectivity index (χ0v) is 11.1. The Balaban J connectivity index is 1.92. The van der Waals surface area contributed by atoms with Crippen LogP contribution < -0.4 is 9.47 Å². The van der Waals surface area contributed by atoms with E-state index in [-0.39, 0.29) is 0 Å². The molecule has 0 N–H and O–H groups in total. The van der Waals surface area contributed by atoms with Crippen LogP contribution in [0.2, 0.25) is 0 Å². The SMILES string of the molecule is N#Cc1c(-c2ccc3c(c2)OCCO3)nc2ccccn12. The summed E-state index contributed by atoms with van der Waals surface area (Å²) in [6.45, 7) is 1.09. The Labute approximate surface area is 121 Å². The highest BCUT2D eigenvalue weighted by molar-refractivity contribution is 5.72. The molecule has 0 amide bonds. The fourth-order valence-electron chi connectivity index (χ4n) is 2.49. The average Bonchev–Trinajstić information content (AvgIpc) is 2.93. The van der Waals surface area contributed by atoms with Gasteiger partial charge in [0.2, 0.25) is 0 Å². The van der Waals surface area contributed by atoms with Crippen LogP contribution in [0, 0.1) is 11.3 Å². The van der Waals surface area contributed by atoms with Gasteiger partial charge in [0, 0.05) is 11.8 Å². The monoisotopic (exact) mass is 277 g/mol. The normalized spacial score (nSPS) is 13.1. The molecule has 1 aromatic carbocycles. The summed E-state index contributed by atoms with van der Waals surface area (Å²) in [5.41, 5.74) is 2.77. The topological polar surface area (TPSA) is 59.5 Å². The summed E-state index contributed by atoms with van der Waals surface area (Å²) in [6.07, 6.45) is 1.84. The first-order chi connectivity index (χ1) is 10.4. The zero-order valence-electron chi connectivity index (χ0n) is 11.1. The lowest BCUT2D eigenvalue weighted by molar-refractivity contribution is 0.171. The molecule has 2 aromatic heterocycles. The smallest absolute Gasteiger partial charge is 0.162 e. The number of hydrogen-bond donors (Lipinski definition) is 0. The molecule has 102 valence electrons. The molecule has 5 nitrogen and oxygen atoms in total. The van der Waals surface area contributed by atoms with Gasteiger partial charge in [-0.2, -0.15) is 5.26 Å². The lowest BCUT2D eigenvalue weighted by atomic mass is 10.1. The summed E-state index contributed by atoms with van der Waals surface area (Å²) in [7, 11) is 0. The van der Waals surface area contributed by atoms with E-state index in [9.17, 15) is 5.26 Å². The van der Waals surface area contributed by atoms with Gasteiger partial charge >= 0.3 is 0 Å². The molecule has 0 atom stereocenters. The maximum absolute atomic E-state index is 9.44. The number of imidazole rings is 1. The van der Waals surface area contributed by atoms with Crippen molar-refractivity contribution >= 4 is 5.65 Å². The van der Waals surface area contributed by atoms with Gasteiger partial charge in [0.25, 0.3) is 0 Å². The van der Waals surface area contributed by atoms with Crippen LogP contribution in [0.5, 0.6) is 11.5 Å². The fourth-order valence-corrected chi connectivity index (χ4v) is 2.49. The van der Waals surface area contributed by atoms with Crippen LogP contribution in [-0.4, -0.2) is 22.6 Å². The van der Waals surface area contributed by atoms with Crippen molar-refractivity contribution in [3.63, 3.8) is 0 Å². The van der Waals surface area contributed by atoms with Crippen LogP contribution in [0.4, 0.5) is 0 Å². The molecular weight excluding hydrogens is 266 g/mol. The molecule has 0 saturated heterocycles. The van der Waals surface area contributed by atoms with Gasteiger partial charge in [-0.15, -0.1) is 0 Å². The first kappa shape index (κ1) is 11.8. The number of benzene rings is 1. The van der Waals surface area contributed by atoms with E-state index in [0.717, 1.165) is 17.0 Å². The van der Waals surface area contributed by atoms with Gasteiger partial charge in [0.1, 0.15) is 30.6 Å². The second kappa shape index (κ2) is 4.53. The van der Waals surface area contributed by atoms with E-state index >= 15 is 0 Å². The third kappa shape index (κ3) is 1.81. The van der Waals surface area contributed by atoms with Gasteiger partial charge in [0.15, 0.2) is 17.2 Å². The Kier molecular flexibility index (Phi) is 2.54. The number of ether oxygens (including phenoxy) is 2. The number of nitrogens with zero attached hydrogens (tertiary/aromatic N) is 3. The van der Waals surface area contributed by atoms with Crippen molar-refractivity contribution in [3.05, 3.63) is 48.3 Å². The minimum Gasteiger partial charge on any atom is -0.486 e. The fraction of sp³-hybridized carbons (Fsp3) is 0.125. The summed E-state index contributed by atoms with van der Waals surface area (Å²) in [6, 6.07) is 13.5. The van der Waals surface area contributed by atoms with E-state index in [1.165, 1.54) is 0 Å². The predicted molar refractivity (Wildman–Crippen MR) is 76.3 cm³/mol. The Hall–Kier alpha value is -3.00. The molecular formula is C16H11N3O2. The number of pyridine rings is 1. The minimum atomic E-state index is 0.516. The molecule has 0 spiro atoms. The third-order valence-electron chi connectivity index (χ3n) is 3.45. The maximum atomic E-state index is 9.44. The van der Waals surface area contributed by atoms with Gasteiger partial charge in [0.05, 0.1) is 0 Å². The highest BCUT2D eigenvalue weighted by Crippen LogP contribution is 2.35. The van der Waals surface area contributed by atoms with Gasteiger partial charge in [-0.05, 0) is 30.3 Å². The third-order valence-corrected chi connectivity index (χ3v) is 3.45.